The van der Waals surface area contributed by atoms with E-state index in [1.54, 1.807) is 72.8 Å². The predicted molar refractivity (Wildman–Crippen MR) is 200 cm³/mol. The molecule has 0 radical (unpaired) electrons. The van der Waals surface area contributed by atoms with Gasteiger partial charge in [0, 0.05) is 32.7 Å². The smallest absolute Gasteiger partial charge is 0.204 e. The van der Waals surface area contributed by atoms with Gasteiger partial charge in [0.25, 0.3) is 0 Å². The summed E-state index contributed by atoms with van der Waals surface area (Å²) in [5, 5.41) is 80.5. The van der Waals surface area contributed by atoms with Crippen molar-refractivity contribution < 1.29 is 35.7 Å². The fourth-order valence-corrected chi connectivity index (χ4v) is 7.03. The highest BCUT2D eigenvalue weighted by molar-refractivity contribution is 6.29. The summed E-state index contributed by atoms with van der Waals surface area (Å²) < 4.78 is 0. The average Bonchev–Trinajstić information content (AvgIpc) is 3.18. The number of rotatable bonds is 5. The molecule has 7 N–H and O–H groups in total. The Labute approximate surface area is 292 Å². The van der Waals surface area contributed by atoms with E-state index in [2.05, 4.69) is 0 Å². The molecular formula is C44H30O7. The van der Waals surface area contributed by atoms with E-state index in [1.807, 2.05) is 66.7 Å². The lowest BCUT2D eigenvalue weighted by Gasteiger charge is -2.23. The highest BCUT2D eigenvalue weighted by Gasteiger charge is 2.32. The molecule has 0 saturated carbocycles. The van der Waals surface area contributed by atoms with Crippen LogP contribution in [0.3, 0.4) is 0 Å². The average molecular weight is 671 g/mol. The molecule has 7 nitrogen and oxygen atoms in total. The molecular weight excluding hydrogens is 640 g/mol. The van der Waals surface area contributed by atoms with Crippen LogP contribution in [0.1, 0.15) is 0 Å². The monoisotopic (exact) mass is 670 g/mol. The summed E-state index contributed by atoms with van der Waals surface area (Å²) in [6.07, 6.45) is 0. The first-order valence-corrected chi connectivity index (χ1v) is 16.2. The van der Waals surface area contributed by atoms with Gasteiger partial charge in [-0.15, -0.1) is 0 Å². The molecule has 8 rings (SSSR count). The third kappa shape index (κ3) is 4.90. The summed E-state index contributed by atoms with van der Waals surface area (Å²) in [5.74, 6) is -5.06. The molecule has 0 heterocycles. The van der Waals surface area contributed by atoms with Crippen LogP contribution < -0.4 is 0 Å². The minimum Gasteiger partial charge on any atom is -0.506 e. The van der Waals surface area contributed by atoms with Crippen molar-refractivity contribution in [2.24, 2.45) is 0 Å². The summed E-state index contributed by atoms with van der Waals surface area (Å²) in [6.45, 7) is 0. The van der Waals surface area contributed by atoms with E-state index in [4.69, 9.17) is 0 Å². The second-order valence-electron chi connectivity index (χ2n) is 12.3. The Morgan fingerprint density at radius 1 is 0.216 bits per heavy atom. The van der Waals surface area contributed by atoms with E-state index in [0.717, 1.165) is 22.3 Å². The minimum absolute atomic E-state index is 0.0373. The van der Waals surface area contributed by atoms with Gasteiger partial charge in [-0.3, -0.25) is 0 Å². The molecule has 0 aliphatic heterocycles. The maximum atomic E-state index is 12.2. The highest BCUT2D eigenvalue weighted by atomic mass is 16.3. The third-order valence-electron chi connectivity index (χ3n) is 9.42. The first-order valence-electron chi connectivity index (χ1n) is 16.2. The zero-order chi connectivity index (χ0) is 35.4. The van der Waals surface area contributed by atoms with Crippen LogP contribution in [0, 0.1) is 0 Å². The van der Waals surface area contributed by atoms with Crippen molar-refractivity contribution in [2.45, 2.75) is 0 Å². The normalized spacial score (nSPS) is 11.3. The SMILES string of the molecule is Oc1c(O)c(O)c2c(-c3ccccc3)c3c(O)c(-c4ccccc4)c(O)c(O)c3c(-c3cccc(-c4ccc(-c5ccccc5)cc4)c3)c2c1O. The van der Waals surface area contributed by atoms with E-state index in [9.17, 15) is 35.7 Å². The third-order valence-corrected chi connectivity index (χ3v) is 9.42. The maximum absolute atomic E-state index is 12.2. The maximum Gasteiger partial charge on any atom is 0.204 e. The van der Waals surface area contributed by atoms with E-state index in [-0.39, 0.29) is 38.2 Å². The second kappa shape index (κ2) is 12.1. The molecule has 0 aliphatic carbocycles. The van der Waals surface area contributed by atoms with Gasteiger partial charge in [0.1, 0.15) is 5.75 Å². The number of hydrogen-bond donors (Lipinski definition) is 7. The second-order valence-corrected chi connectivity index (χ2v) is 12.3. The molecule has 0 aliphatic rings. The Bertz CT molecular complexity index is 2620. The molecule has 8 aromatic carbocycles. The van der Waals surface area contributed by atoms with Gasteiger partial charge in [-0.1, -0.05) is 133 Å². The number of phenols is 7. The molecule has 0 amide bonds. The van der Waals surface area contributed by atoms with Crippen LogP contribution in [0.25, 0.3) is 77.2 Å². The molecule has 51 heavy (non-hydrogen) atoms. The number of hydrogen-bond acceptors (Lipinski definition) is 7. The van der Waals surface area contributed by atoms with Gasteiger partial charge in [-0.2, -0.15) is 0 Å². The van der Waals surface area contributed by atoms with Crippen molar-refractivity contribution >= 4 is 21.5 Å². The number of aromatic hydroxyl groups is 7. The molecule has 0 aromatic heterocycles. The van der Waals surface area contributed by atoms with Crippen LogP contribution in [0.5, 0.6) is 40.2 Å². The van der Waals surface area contributed by atoms with Crippen molar-refractivity contribution in [3.05, 3.63) is 140 Å². The number of benzene rings is 8. The lowest BCUT2D eigenvalue weighted by molar-refractivity contribution is 0.351. The largest absolute Gasteiger partial charge is 0.506 e. The first kappa shape index (κ1) is 31.2. The summed E-state index contributed by atoms with van der Waals surface area (Å²) >= 11 is 0. The summed E-state index contributed by atoms with van der Waals surface area (Å²) in [6, 6.07) is 42.4. The van der Waals surface area contributed by atoms with Crippen molar-refractivity contribution in [2.75, 3.05) is 0 Å². The molecule has 0 fully saturated rings. The fraction of sp³-hybridized carbons (Fsp3) is 0. The standard InChI is InChI=1S/C44H30O7/c45-38-33(28-15-8-3-9-16-28)39(46)40(47)36-32(30-18-10-17-29(23-30)26-21-19-25(20-22-26)24-11-4-1-5-12-24)37-35(41(48)43(50)44(51)42(37)49)31(34(36)38)27-13-6-2-7-14-27/h1-23,45-51H. The molecule has 8 aromatic rings. The number of phenolic OH excluding ortho intramolecular Hbond substituents is 7. The Morgan fingerprint density at radius 2 is 0.549 bits per heavy atom. The van der Waals surface area contributed by atoms with Gasteiger partial charge in [0.15, 0.2) is 23.0 Å². The van der Waals surface area contributed by atoms with Gasteiger partial charge >= 0.3 is 0 Å². The van der Waals surface area contributed by atoms with E-state index in [0.29, 0.717) is 16.7 Å². The summed E-state index contributed by atoms with van der Waals surface area (Å²) in [5.41, 5.74) is 5.18. The van der Waals surface area contributed by atoms with Gasteiger partial charge < -0.3 is 35.7 Å². The van der Waals surface area contributed by atoms with E-state index >= 15 is 0 Å². The van der Waals surface area contributed by atoms with Crippen LogP contribution in [-0.4, -0.2) is 35.7 Å². The predicted octanol–water partition coefficient (Wildman–Crippen LogP) is 10.3. The van der Waals surface area contributed by atoms with Crippen LogP contribution in [0.15, 0.2) is 140 Å². The van der Waals surface area contributed by atoms with Crippen LogP contribution in [0.2, 0.25) is 0 Å². The van der Waals surface area contributed by atoms with Crippen molar-refractivity contribution in [3.63, 3.8) is 0 Å². The fourth-order valence-electron chi connectivity index (χ4n) is 7.03. The molecule has 248 valence electrons. The van der Waals surface area contributed by atoms with Gasteiger partial charge in [-0.25, -0.2) is 0 Å². The zero-order valence-electron chi connectivity index (χ0n) is 26.9. The van der Waals surface area contributed by atoms with Crippen LogP contribution in [-0.2, 0) is 0 Å². The Balaban J connectivity index is 1.51. The van der Waals surface area contributed by atoms with Gasteiger partial charge in [-0.05, 0) is 45.0 Å². The Morgan fingerprint density at radius 3 is 1.06 bits per heavy atom. The van der Waals surface area contributed by atoms with Crippen LogP contribution >= 0.6 is 0 Å². The number of fused-ring (bicyclic) bond motifs is 2. The quantitative estimate of drug-likeness (QED) is 0.0549. The van der Waals surface area contributed by atoms with E-state index in [1.165, 1.54) is 0 Å². The Hall–Kier alpha value is -7.12. The van der Waals surface area contributed by atoms with Crippen molar-refractivity contribution in [1.29, 1.82) is 0 Å². The molecule has 0 spiro atoms. The van der Waals surface area contributed by atoms with Crippen LogP contribution in [0.4, 0.5) is 0 Å². The Kier molecular flexibility index (Phi) is 7.39. The lowest BCUT2D eigenvalue weighted by Crippen LogP contribution is -1.96. The molecule has 0 unspecified atom stereocenters. The van der Waals surface area contributed by atoms with Gasteiger partial charge in [0.2, 0.25) is 11.5 Å². The first-order chi connectivity index (χ1) is 24.8. The van der Waals surface area contributed by atoms with Crippen molar-refractivity contribution in [3.8, 4) is 95.9 Å². The molecule has 0 bridgehead atoms. The summed E-state index contributed by atoms with van der Waals surface area (Å²) in [7, 11) is 0. The van der Waals surface area contributed by atoms with Crippen molar-refractivity contribution in [1.82, 2.24) is 0 Å². The highest BCUT2D eigenvalue weighted by Crippen LogP contribution is 2.61. The minimum atomic E-state index is -0.971. The molecule has 0 saturated heterocycles. The lowest BCUT2D eigenvalue weighted by atomic mass is 9.82. The zero-order valence-corrected chi connectivity index (χ0v) is 26.9. The van der Waals surface area contributed by atoms with Gasteiger partial charge in [0.05, 0.1) is 5.56 Å². The van der Waals surface area contributed by atoms with E-state index < -0.39 is 40.2 Å². The topological polar surface area (TPSA) is 142 Å². The summed E-state index contributed by atoms with van der Waals surface area (Å²) in [4.78, 5) is 0. The molecule has 0 atom stereocenters. The molecule has 7 heteroatoms.